The fourth-order valence-electron chi connectivity index (χ4n) is 4.76. The van der Waals surface area contributed by atoms with Crippen molar-refractivity contribution in [3.63, 3.8) is 0 Å². The maximum Gasteiger partial charge on any atom is 0.264 e. The van der Waals surface area contributed by atoms with Crippen LogP contribution in [0.15, 0.2) is 84.0 Å². The average Bonchev–Trinajstić information content (AvgIpc) is 3.53. The Morgan fingerprint density at radius 2 is 1.82 bits per heavy atom. The van der Waals surface area contributed by atoms with Gasteiger partial charge in [-0.2, -0.15) is 15.3 Å². The first-order valence-corrected chi connectivity index (χ1v) is 12.6. The Balaban J connectivity index is 1.48. The normalized spacial score (nSPS) is 11.8. The minimum atomic E-state index is -0.543. The second-order valence-corrected chi connectivity index (χ2v) is 9.35. The molecule has 10 heteroatoms. The monoisotopic (exact) mass is 528 g/mol. The quantitative estimate of drug-likeness (QED) is 0.351. The molecule has 196 valence electrons. The number of hydrogen-bond acceptors (Lipinski definition) is 6. The number of aromatic nitrogens is 7. The van der Waals surface area contributed by atoms with Crippen LogP contribution in [0.4, 0.5) is 0 Å². The van der Waals surface area contributed by atoms with Crippen LogP contribution in [0, 0.1) is 18.8 Å². The van der Waals surface area contributed by atoms with Gasteiger partial charge in [-0.1, -0.05) is 36.3 Å². The molecule has 0 aliphatic carbocycles. The number of nitrogens with one attached hydrogen (secondary N) is 1. The highest BCUT2D eigenvalue weighted by Gasteiger charge is 2.23. The lowest BCUT2D eigenvalue weighted by Crippen LogP contribution is -2.32. The molecule has 1 N–H and O–H groups in total. The number of fused-ring (bicyclic) bond motifs is 2. The molecule has 0 aliphatic rings. The van der Waals surface area contributed by atoms with Crippen molar-refractivity contribution in [2.75, 3.05) is 0 Å². The lowest BCUT2D eigenvalue weighted by molar-refractivity contribution is 0.0939. The van der Waals surface area contributed by atoms with Crippen LogP contribution >= 0.6 is 0 Å². The van der Waals surface area contributed by atoms with Crippen molar-refractivity contribution < 1.29 is 4.79 Å². The minimum Gasteiger partial charge on any atom is -0.344 e. The lowest BCUT2D eigenvalue weighted by atomic mass is 10.0. The van der Waals surface area contributed by atoms with Crippen molar-refractivity contribution in [2.24, 2.45) is 7.05 Å². The molecule has 6 rings (SSSR count). The number of rotatable bonds is 4. The number of amides is 1. The molecule has 0 aliphatic heterocycles. The van der Waals surface area contributed by atoms with Gasteiger partial charge in [0.15, 0.2) is 5.65 Å². The lowest BCUT2D eigenvalue weighted by Gasteiger charge is -2.21. The van der Waals surface area contributed by atoms with Gasteiger partial charge in [-0.25, -0.2) is 4.98 Å². The summed E-state index contributed by atoms with van der Waals surface area (Å²) < 4.78 is 4.64. The number of pyridine rings is 1. The van der Waals surface area contributed by atoms with E-state index in [2.05, 4.69) is 37.4 Å². The van der Waals surface area contributed by atoms with Crippen LogP contribution in [-0.2, 0) is 7.05 Å². The smallest absolute Gasteiger partial charge is 0.264 e. The van der Waals surface area contributed by atoms with E-state index in [4.69, 9.17) is 0 Å². The number of hydrogen-bond donors (Lipinski definition) is 1. The molecule has 0 saturated carbocycles. The van der Waals surface area contributed by atoms with Crippen molar-refractivity contribution in [1.29, 1.82) is 0 Å². The van der Waals surface area contributed by atoms with Gasteiger partial charge in [-0.15, -0.1) is 4.63 Å². The third-order valence-corrected chi connectivity index (χ3v) is 6.61. The summed E-state index contributed by atoms with van der Waals surface area (Å²) in [4.78, 5) is 31.9. The maximum absolute atomic E-state index is 14.2. The third kappa shape index (κ3) is 4.39. The first-order chi connectivity index (χ1) is 19.4. The maximum atomic E-state index is 14.2. The first-order valence-electron chi connectivity index (χ1n) is 12.6. The van der Waals surface area contributed by atoms with E-state index in [1.54, 1.807) is 16.2 Å². The second kappa shape index (κ2) is 9.96. The molecule has 1 amide bonds. The summed E-state index contributed by atoms with van der Waals surface area (Å²) in [6, 6.07) is 18.1. The molecular weight excluding hydrogens is 504 g/mol. The molecule has 1 atom stereocenters. The van der Waals surface area contributed by atoms with Crippen molar-refractivity contribution >= 4 is 22.3 Å². The molecule has 0 fully saturated rings. The molecule has 10 nitrogen and oxygen atoms in total. The van der Waals surface area contributed by atoms with E-state index in [1.165, 1.54) is 17.0 Å². The van der Waals surface area contributed by atoms with E-state index in [0.29, 0.717) is 44.9 Å². The van der Waals surface area contributed by atoms with Crippen LogP contribution in [0.3, 0.4) is 0 Å². The van der Waals surface area contributed by atoms with Gasteiger partial charge in [0.2, 0.25) is 0 Å². The standard InChI is InChI=1S/C30H24N8O2/c1-19(33-29(39)26-20(2)34-38-28(26)31-15-16-32-38)25-18-22-9-7-8-21(12-13-23-14-17-36(3)35-23)27(22)30(40)37(25)24-10-5-4-6-11-24/h4-11,14-19H,1-3H3,(H,33,39)/t19-/m0/s1. The summed E-state index contributed by atoms with van der Waals surface area (Å²) in [5, 5.41) is 17.0. The highest BCUT2D eigenvalue weighted by molar-refractivity contribution is 6.01. The predicted molar refractivity (Wildman–Crippen MR) is 150 cm³/mol. The topological polar surface area (TPSA) is 112 Å². The van der Waals surface area contributed by atoms with Gasteiger partial charge in [0.1, 0.15) is 11.3 Å². The third-order valence-electron chi connectivity index (χ3n) is 6.61. The minimum absolute atomic E-state index is 0.233. The molecule has 0 bridgehead atoms. The second-order valence-electron chi connectivity index (χ2n) is 9.35. The molecule has 0 unspecified atom stereocenters. The van der Waals surface area contributed by atoms with E-state index < -0.39 is 6.04 Å². The Labute approximate surface area is 228 Å². The summed E-state index contributed by atoms with van der Waals surface area (Å²) in [7, 11) is 1.83. The zero-order valence-electron chi connectivity index (χ0n) is 22.0. The fraction of sp³-hybridized carbons (Fsp3) is 0.133. The molecule has 0 spiro atoms. The average molecular weight is 529 g/mol. The number of aryl methyl sites for hydroxylation is 2. The zero-order chi connectivity index (χ0) is 27.8. The number of carbonyl (C=O) groups excluding carboxylic acids is 1. The van der Waals surface area contributed by atoms with Crippen molar-refractivity contribution in [3.8, 4) is 17.5 Å². The molecule has 2 aromatic carbocycles. The Kier molecular flexibility index (Phi) is 6.16. The number of carbonyl (C=O) groups is 1. The van der Waals surface area contributed by atoms with E-state index in [0.717, 1.165) is 5.39 Å². The SMILES string of the molecule is Cc1nn2nccnc2c1C(=O)N[C@@H](C)c1cc2cccc(C#Cc3ccn(C)n3)c2c(=O)n1-c1ccccc1. The summed E-state index contributed by atoms with van der Waals surface area (Å²) in [6.45, 7) is 3.58. The van der Waals surface area contributed by atoms with Gasteiger partial charge in [0.25, 0.3) is 11.5 Å². The highest BCUT2D eigenvalue weighted by atomic mass is 16.2. The number of benzene rings is 2. The Morgan fingerprint density at radius 1 is 1.00 bits per heavy atom. The van der Waals surface area contributed by atoms with Gasteiger partial charge in [0, 0.05) is 36.4 Å². The van der Waals surface area contributed by atoms with Gasteiger partial charge in [-0.3, -0.25) is 18.8 Å². The number of nitrogens with zero attached hydrogens (tertiary/aromatic N) is 7. The Morgan fingerprint density at radius 3 is 2.60 bits per heavy atom. The zero-order valence-corrected chi connectivity index (χ0v) is 22.0. The van der Waals surface area contributed by atoms with E-state index in [9.17, 15) is 9.59 Å². The molecule has 0 saturated heterocycles. The fourth-order valence-corrected chi connectivity index (χ4v) is 4.76. The van der Waals surface area contributed by atoms with Crippen LogP contribution in [-0.4, -0.2) is 40.1 Å². The number of para-hydroxylation sites is 1. The van der Waals surface area contributed by atoms with Gasteiger partial charge >= 0.3 is 0 Å². The highest BCUT2D eigenvalue weighted by Crippen LogP contribution is 2.24. The predicted octanol–water partition coefficient (Wildman–Crippen LogP) is 3.36. The molecule has 0 radical (unpaired) electrons. The van der Waals surface area contributed by atoms with Gasteiger partial charge in [-0.05, 0) is 55.5 Å². The van der Waals surface area contributed by atoms with Crippen LogP contribution in [0.25, 0.3) is 22.1 Å². The molecule has 40 heavy (non-hydrogen) atoms. The summed E-state index contributed by atoms with van der Waals surface area (Å²) in [5.41, 5.74) is 3.48. The Bertz CT molecular complexity index is 2030. The van der Waals surface area contributed by atoms with Crippen LogP contribution < -0.4 is 10.9 Å². The van der Waals surface area contributed by atoms with Crippen molar-refractivity contribution in [1.82, 2.24) is 39.5 Å². The van der Waals surface area contributed by atoms with E-state index >= 15 is 0 Å². The van der Waals surface area contributed by atoms with E-state index in [-0.39, 0.29) is 11.5 Å². The summed E-state index contributed by atoms with van der Waals surface area (Å²) >= 11 is 0. The van der Waals surface area contributed by atoms with Crippen LogP contribution in [0.1, 0.15) is 46.0 Å². The summed E-state index contributed by atoms with van der Waals surface area (Å²) in [6.07, 6.45) is 4.84. The largest absolute Gasteiger partial charge is 0.344 e. The van der Waals surface area contributed by atoms with Crippen molar-refractivity contribution in [3.05, 3.63) is 118 Å². The van der Waals surface area contributed by atoms with Crippen LogP contribution in [0.5, 0.6) is 0 Å². The molecule has 4 heterocycles. The molecule has 4 aromatic heterocycles. The first kappa shape index (κ1) is 24.8. The van der Waals surface area contributed by atoms with E-state index in [1.807, 2.05) is 80.8 Å². The van der Waals surface area contributed by atoms with Gasteiger partial charge in [0.05, 0.1) is 23.3 Å². The summed E-state index contributed by atoms with van der Waals surface area (Å²) in [5.74, 6) is 5.82. The molecular formula is C30H24N8O2. The van der Waals surface area contributed by atoms with Crippen molar-refractivity contribution in [2.45, 2.75) is 19.9 Å². The van der Waals surface area contributed by atoms with Crippen LogP contribution in [0.2, 0.25) is 0 Å². The molecule has 6 aromatic rings. The Hall–Kier alpha value is -5.56. The van der Waals surface area contributed by atoms with Gasteiger partial charge < -0.3 is 5.32 Å².